The number of nitrogens with zero attached hydrogens (tertiary/aromatic N) is 3. The fraction of sp³-hybridized carbons (Fsp3) is 0.0952. The molecule has 0 saturated carbocycles. The Bertz CT molecular complexity index is 1130. The quantitative estimate of drug-likeness (QED) is 0.534. The first-order chi connectivity index (χ1) is 13.6. The summed E-state index contributed by atoms with van der Waals surface area (Å²) in [5.41, 5.74) is 2.70. The molecule has 7 heteroatoms. The minimum Gasteiger partial charge on any atom is -0.370 e. The molecule has 4 aromatic rings. The van der Waals surface area contributed by atoms with E-state index in [1.54, 1.807) is 36.4 Å². The molecule has 0 unspecified atom stereocenters. The Labute approximate surface area is 165 Å². The topological polar surface area (TPSA) is 58.1 Å². The number of halogens is 1. The van der Waals surface area contributed by atoms with E-state index in [-0.39, 0.29) is 11.6 Å². The van der Waals surface area contributed by atoms with Crippen molar-refractivity contribution in [1.82, 2.24) is 9.59 Å². The van der Waals surface area contributed by atoms with E-state index in [1.807, 2.05) is 42.3 Å². The molecule has 0 bridgehead atoms. The Morgan fingerprint density at radius 3 is 2.75 bits per heavy atom. The van der Waals surface area contributed by atoms with E-state index in [9.17, 15) is 9.18 Å². The second-order valence-corrected chi connectivity index (χ2v) is 7.17. The summed E-state index contributed by atoms with van der Waals surface area (Å²) in [5, 5.41) is 6.63. The third-order valence-electron chi connectivity index (χ3n) is 4.44. The van der Waals surface area contributed by atoms with Crippen LogP contribution in [-0.4, -0.2) is 22.5 Å². The summed E-state index contributed by atoms with van der Waals surface area (Å²) < 4.78 is 19.7. The molecule has 0 atom stereocenters. The molecule has 0 radical (unpaired) electrons. The van der Waals surface area contributed by atoms with Crippen LogP contribution in [0.25, 0.3) is 10.2 Å². The molecule has 0 fully saturated rings. The lowest BCUT2D eigenvalue weighted by atomic mass is 10.1. The van der Waals surface area contributed by atoms with E-state index in [4.69, 9.17) is 0 Å². The average molecular weight is 392 g/mol. The lowest BCUT2D eigenvalue weighted by Gasteiger charge is -2.20. The number of aromatic nitrogens is 2. The number of amides is 1. The largest absolute Gasteiger partial charge is 0.370 e. The van der Waals surface area contributed by atoms with Crippen molar-refractivity contribution in [3.8, 4) is 0 Å². The van der Waals surface area contributed by atoms with Gasteiger partial charge in [0.25, 0.3) is 5.91 Å². The van der Waals surface area contributed by atoms with Crippen LogP contribution in [0.1, 0.15) is 15.9 Å². The smallest absolute Gasteiger partial charge is 0.255 e. The molecule has 0 aliphatic carbocycles. The van der Waals surface area contributed by atoms with Gasteiger partial charge in [0.15, 0.2) is 5.82 Å². The Morgan fingerprint density at radius 1 is 1.11 bits per heavy atom. The number of rotatable bonds is 5. The molecule has 1 amide bonds. The van der Waals surface area contributed by atoms with Crippen LogP contribution in [0, 0.1) is 5.82 Å². The van der Waals surface area contributed by atoms with Gasteiger partial charge < -0.3 is 10.2 Å². The summed E-state index contributed by atoms with van der Waals surface area (Å²) in [6.07, 6.45) is 0. The molecule has 140 valence electrons. The maximum atomic E-state index is 15.0. The number of carbonyl (C=O) groups is 1. The number of nitrogens with one attached hydrogen (secondary N) is 1. The monoisotopic (exact) mass is 392 g/mol. The summed E-state index contributed by atoms with van der Waals surface area (Å²) in [7, 11) is 1.90. The van der Waals surface area contributed by atoms with Gasteiger partial charge in [0.05, 0.1) is 10.4 Å². The van der Waals surface area contributed by atoms with Crippen molar-refractivity contribution in [2.45, 2.75) is 6.54 Å². The Kier molecular flexibility index (Phi) is 4.99. The molecule has 1 N–H and O–H groups in total. The number of hydrogen-bond donors (Lipinski definition) is 1. The van der Waals surface area contributed by atoms with Crippen molar-refractivity contribution >= 4 is 39.0 Å². The van der Waals surface area contributed by atoms with Crippen molar-refractivity contribution in [3.63, 3.8) is 0 Å². The minimum absolute atomic E-state index is 0.153. The second-order valence-electron chi connectivity index (χ2n) is 6.38. The molecule has 1 aromatic heterocycles. The van der Waals surface area contributed by atoms with Crippen LogP contribution in [-0.2, 0) is 6.54 Å². The summed E-state index contributed by atoms with van der Waals surface area (Å²) >= 11 is 1.26. The third kappa shape index (κ3) is 3.70. The van der Waals surface area contributed by atoms with E-state index in [0.29, 0.717) is 23.2 Å². The third-order valence-corrected chi connectivity index (χ3v) is 5.15. The molecule has 4 rings (SSSR count). The predicted molar refractivity (Wildman–Crippen MR) is 110 cm³/mol. The standard InChI is InChI=1S/C21H17FN4OS/c1-26(16-7-3-2-4-8-16)13-15-6-5-9-17(20(15)22)23-21(27)14-10-11-19-18(12-14)24-25-28-19/h2-12H,13H2,1H3,(H,23,27). The SMILES string of the molecule is CN(Cc1cccc(NC(=O)c2ccc3snnc3c2)c1F)c1ccccc1. The fourth-order valence-electron chi connectivity index (χ4n) is 2.94. The van der Waals surface area contributed by atoms with Gasteiger partial charge in [-0.2, -0.15) is 0 Å². The fourth-order valence-corrected chi connectivity index (χ4v) is 3.48. The summed E-state index contributed by atoms with van der Waals surface area (Å²) in [6.45, 7) is 0.385. The number of anilines is 2. The second kappa shape index (κ2) is 7.74. The van der Waals surface area contributed by atoms with E-state index in [2.05, 4.69) is 14.9 Å². The van der Waals surface area contributed by atoms with Crippen molar-refractivity contribution in [3.05, 3.63) is 83.7 Å². The van der Waals surface area contributed by atoms with Crippen LogP contribution < -0.4 is 10.2 Å². The minimum atomic E-state index is -0.435. The van der Waals surface area contributed by atoms with Crippen molar-refractivity contribution in [1.29, 1.82) is 0 Å². The lowest BCUT2D eigenvalue weighted by molar-refractivity contribution is 0.102. The zero-order valence-corrected chi connectivity index (χ0v) is 15.9. The van der Waals surface area contributed by atoms with Crippen LogP contribution in [0.5, 0.6) is 0 Å². The zero-order valence-electron chi connectivity index (χ0n) is 15.1. The van der Waals surface area contributed by atoms with Gasteiger partial charge in [0.1, 0.15) is 5.52 Å². The average Bonchev–Trinajstić information content (AvgIpc) is 3.19. The van der Waals surface area contributed by atoms with Gasteiger partial charge in [0, 0.05) is 30.4 Å². The first kappa shape index (κ1) is 18.1. The Hall–Kier alpha value is -3.32. The van der Waals surface area contributed by atoms with Crippen LogP contribution in [0.3, 0.4) is 0 Å². The number of benzene rings is 3. The van der Waals surface area contributed by atoms with Crippen LogP contribution >= 0.6 is 11.5 Å². The highest BCUT2D eigenvalue weighted by Crippen LogP contribution is 2.23. The first-order valence-corrected chi connectivity index (χ1v) is 9.46. The number of carbonyl (C=O) groups excluding carboxylic acids is 1. The van der Waals surface area contributed by atoms with Crippen molar-refractivity contribution in [2.75, 3.05) is 17.3 Å². The van der Waals surface area contributed by atoms with Crippen LogP contribution in [0.15, 0.2) is 66.7 Å². The highest BCUT2D eigenvalue weighted by Gasteiger charge is 2.14. The molecule has 0 aliphatic heterocycles. The van der Waals surface area contributed by atoms with Gasteiger partial charge in [-0.15, -0.1) is 5.10 Å². The molecular weight excluding hydrogens is 375 g/mol. The summed E-state index contributed by atoms with van der Waals surface area (Å²) in [6, 6.07) is 19.9. The molecule has 0 saturated heterocycles. The van der Waals surface area contributed by atoms with E-state index >= 15 is 0 Å². The maximum absolute atomic E-state index is 15.0. The van der Waals surface area contributed by atoms with E-state index in [0.717, 1.165) is 10.4 Å². The molecule has 3 aromatic carbocycles. The highest BCUT2D eigenvalue weighted by atomic mass is 32.1. The summed E-state index contributed by atoms with van der Waals surface area (Å²) in [5.74, 6) is -0.822. The molecule has 5 nitrogen and oxygen atoms in total. The van der Waals surface area contributed by atoms with Gasteiger partial charge in [-0.25, -0.2) is 4.39 Å². The molecule has 1 heterocycles. The summed E-state index contributed by atoms with van der Waals surface area (Å²) in [4.78, 5) is 14.5. The van der Waals surface area contributed by atoms with Crippen LogP contribution in [0.2, 0.25) is 0 Å². The number of para-hydroxylation sites is 1. The van der Waals surface area contributed by atoms with Gasteiger partial charge in [0.2, 0.25) is 0 Å². The predicted octanol–water partition coefficient (Wildman–Crippen LogP) is 4.72. The van der Waals surface area contributed by atoms with Crippen LogP contribution in [0.4, 0.5) is 15.8 Å². The van der Waals surface area contributed by atoms with E-state index in [1.165, 1.54) is 11.5 Å². The molecule has 28 heavy (non-hydrogen) atoms. The molecule has 0 aliphatic rings. The van der Waals surface area contributed by atoms with Gasteiger partial charge in [-0.1, -0.05) is 34.8 Å². The first-order valence-electron chi connectivity index (χ1n) is 8.69. The normalized spacial score (nSPS) is 10.8. The molecule has 0 spiro atoms. The lowest BCUT2D eigenvalue weighted by Crippen LogP contribution is -2.18. The highest BCUT2D eigenvalue weighted by molar-refractivity contribution is 7.12. The van der Waals surface area contributed by atoms with Crippen molar-refractivity contribution in [2.24, 2.45) is 0 Å². The van der Waals surface area contributed by atoms with Gasteiger partial charge in [-0.05, 0) is 47.9 Å². The van der Waals surface area contributed by atoms with Gasteiger partial charge >= 0.3 is 0 Å². The number of hydrogen-bond acceptors (Lipinski definition) is 5. The Morgan fingerprint density at radius 2 is 1.93 bits per heavy atom. The Balaban J connectivity index is 1.53. The number of fused-ring (bicyclic) bond motifs is 1. The maximum Gasteiger partial charge on any atom is 0.255 e. The zero-order chi connectivity index (χ0) is 19.5. The van der Waals surface area contributed by atoms with E-state index < -0.39 is 5.82 Å². The van der Waals surface area contributed by atoms with Gasteiger partial charge in [-0.3, -0.25) is 4.79 Å². The molecular formula is C21H17FN4OS. The van der Waals surface area contributed by atoms with Crippen molar-refractivity contribution < 1.29 is 9.18 Å².